The molecule has 0 saturated carbocycles. The minimum absolute atomic E-state index is 0.157. The maximum atomic E-state index is 13.5. The van der Waals surface area contributed by atoms with Gasteiger partial charge in [0.1, 0.15) is 0 Å². The van der Waals surface area contributed by atoms with Gasteiger partial charge in [0.2, 0.25) is 0 Å². The van der Waals surface area contributed by atoms with Crippen molar-refractivity contribution in [3.8, 4) is 0 Å². The number of benzene rings is 2. The molecule has 0 bridgehead atoms. The van der Waals surface area contributed by atoms with Crippen LogP contribution in [0.15, 0.2) is 40.9 Å². The summed E-state index contributed by atoms with van der Waals surface area (Å²) >= 11 is 2.99. The lowest BCUT2D eigenvalue weighted by Crippen LogP contribution is -2.14. The van der Waals surface area contributed by atoms with E-state index in [4.69, 9.17) is 0 Å². The minimum atomic E-state index is -1.25. The van der Waals surface area contributed by atoms with Crippen LogP contribution in [0.1, 0.15) is 10.4 Å². The van der Waals surface area contributed by atoms with Gasteiger partial charge in [-0.2, -0.15) is 0 Å². The fraction of sp³-hybridized carbons (Fsp3) is 0. The van der Waals surface area contributed by atoms with Gasteiger partial charge in [-0.1, -0.05) is 6.07 Å². The molecule has 0 unspecified atom stereocenters. The average molecular weight is 357 g/mol. The molecule has 0 aromatic heterocycles. The molecule has 2 aromatic carbocycles. The third-order valence-corrected chi connectivity index (χ3v) is 3.23. The second kappa shape index (κ2) is 5.96. The summed E-state index contributed by atoms with van der Waals surface area (Å²) < 4.78 is 26.7. The molecule has 0 saturated heterocycles. The van der Waals surface area contributed by atoms with E-state index in [1.807, 2.05) is 0 Å². The third kappa shape index (κ3) is 3.22. The van der Waals surface area contributed by atoms with E-state index >= 15 is 0 Å². The van der Waals surface area contributed by atoms with Crippen LogP contribution in [0.5, 0.6) is 0 Å². The zero-order valence-electron chi connectivity index (χ0n) is 10.3. The topological polar surface area (TPSA) is 72.2 Å². The summed E-state index contributed by atoms with van der Waals surface area (Å²) in [6, 6.07) is 7.01. The van der Waals surface area contributed by atoms with Crippen molar-refractivity contribution in [2.24, 2.45) is 0 Å². The van der Waals surface area contributed by atoms with E-state index in [2.05, 4.69) is 21.2 Å². The summed E-state index contributed by atoms with van der Waals surface area (Å²) in [7, 11) is 0. The van der Waals surface area contributed by atoms with Gasteiger partial charge in [0.25, 0.3) is 11.6 Å². The van der Waals surface area contributed by atoms with Crippen LogP contribution in [0.3, 0.4) is 0 Å². The molecule has 8 heteroatoms. The highest BCUT2D eigenvalue weighted by Gasteiger charge is 2.17. The summed E-state index contributed by atoms with van der Waals surface area (Å²) in [5.41, 5.74) is -0.421. The van der Waals surface area contributed by atoms with Crippen molar-refractivity contribution in [2.45, 2.75) is 0 Å². The monoisotopic (exact) mass is 356 g/mol. The van der Waals surface area contributed by atoms with Gasteiger partial charge < -0.3 is 5.32 Å². The first-order valence-electron chi connectivity index (χ1n) is 5.59. The van der Waals surface area contributed by atoms with Crippen molar-refractivity contribution in [1.82, 2.24) is 0 Å². The summed E-state index contributed by atoms with van der Waals surface area (Å²) in [5.74, 6) is -3.24. The second-order valence-electron chi connectivity index (χ2n) is 3.98. The Labute approximate surface area is 125 Å². The maximum absolute atomic E-state index is 13.5. The van der Waals surface area contributed by atoms with Crippen molar-refractivity contribution in [3.63, 3.8) is 0 Å². The Morgan fingerprint density at radius 3 is 2.57 bits per heavy atom. The molecule has 2 aromatic rings. The van der Waals surface area contributed by atoms with E-state index in [1.165, 1.54) is 24.3 Å². The first kappa shape index (κ1) is 15.0. The van der Waals surface area contributed by atoms with E-state index in [0.29, 0.717) is 0 Å². The molecule has 0 heterocycles. The molecule has 0 aliphatic carbocycles. The van der Waals surface area contributed by atoms with Crippen LogP contribution in [-0.2, 0) is 0 Å². The lowest BCUT2D eigenvalue weighted by molar-refractivity contribution is -0.385. The van der Waals surface area contributed by atoms with Gasteiger partial charge in [0.15, 0.2) is 11.6 Å². The van der Waals surface area contributed by atoms with Gasteiger partial charge >= 0.3 is 0 Å². The lowest BCUT2D eigenvalue weighted by atomic mass is 10.2. The highest BCUT2D eigenvalue weighted by Crippen LogP contribution is 2.28. The molecule has 1 amide bonds. The number of amides is 1. The van der Waals surface area contributed by atoms with E-state index in [1.54, 1.807) is 0 Å². The van der Waals surface area contributed by atoms with Gasteiger partial charge in [-0.05, 0) is 40.2 Å². The summed E-state index contributed by atoms with van der Waals surface area (Å²) in [6.07, 6.45) is 0. The first-order chi connectivity index (χ1) is 9.90. The minimum Gasteiger partial charge on any atom is -0.322 e. The number of nitrogens with zero attached hydrogens (tertiary/aromatic N) is 1. The molecule has 0 fully saturated rings. The van der Waals surface area contributed by atoms with Crippen LogP contribution >= 0.6 is 15.9 Å². The highest BCUT2D eigenvalue weighted by atomic mass is 79.9. The van der Waals surface area contributed by atoms with Crippen molar-refractivity contribution >= 4 is 33.2 Å². The fourth-order valence-corrected chi connectivity index (χ4v) is 2.13. The number of hydrogen-bond donors (Lipinski definition) is 1. The van der Waals surface area contributed by atoms with E-state index in [9.17, 15) is 23.7 Å². The number of nitro benzene ring substituents is 1. The Morgan fingerprint density at radius 2 is 1.95 bits per heavy atom. The first-order valence-corrected chi connectivity index (χ1v) is 6.38. The van der Waals surface area contributed by atoms with Crippen molar-refractivity contribution in [1.29, 1.82) is 0 Å². The summed E-state index contributed by atoms with van der Waals surface area (Å²) in [6.45, 7) is 0. The second-order valence-corrected chi connectivity index (χ2v) is 4.83. The van der Waals surface area contributed by atoms with Gasteiger partial charge in [-0.3, -0.25) is 14.9 Å². The van der Waals surface area contributed by atoms with Crippen molar-refractivity contribution in [2.75, 3.05) is 5.32 Å². The highest BCUT2D eigenvalue weighted by molar-refractivity contribution is 9.10. The molecule has 1 N–H and O–H groups in total. The normalized spacial score (nSPS) is 10.2. The number of carbonyl (C=O) groups is 1. The smallest absolute Gasteiger partial charge is 0.283 e. The fourth-order valence-electron chi connectivity index (χ4n) is 1.61. The summed E-state index contributed by atoms with van der Waals surface area (Å²) in [4.78, 5) is 21.9. The SMILES string of the molecule is O=C(Nc1ccc([N+](=O)[O-])c(Br)c1)c1cccc(F)c1F. The standard InChI is InChI=1S/C13H7BrF2N2O3/c14-9-6-7(4-5-11(9)18(20)21)17-13(19)8-2-1-3-10(15)12(8)16/h1-6H,(H,17,19). The molecule has 0 aliphatic rings. The van der Waals surface area contributed by atoms with Crippen LogP contribution in [0.25, 0.3) is 0 Å². The molecule has 0 aliphatic heterocycles. The molecule has 2 rings (SSSR count). The Balaban J connectivity index is 2.26. The quantitative estimate of drug-likeness (QED) is 0.669. The number of halogens is 3. The number of carbonyl (C=O) groups excluding carboxylic acids is 1. The molecule has 0 atom stereocenters. The Kier molecular flexibility index (Phi) is 4.27. The molecular weight excluding hydrogens is 350 g/mol. The Hall–Kier alpha value is -2.35. The van der Waals surface area contributed by atoms with Crippen molar-refractivity contribution in [3.05, 3.63) is 68.2 Å². The molecule has 21 heavy (non-hydrogen) atoms. The lowest BCUT2D eigenvalue weighted by Gasteiger charge is -2.07. The number of nitro groups is 1. The zero-order valence-corrected chi connectivity index (χ0v) is 11.9. The molecule has 108 valence electrons. The zero-order chi connectivity index (χ0) is 15.6. The molecule has 0 spiro atoms. The van der Waals surface area contributed by atoms with Crippen molar-refractivity contribution < 1.29 is 18.5 Å². The summed E-state index contributed by atoms with van der Waals surface area (Å²) in [5, 5.41) is 13.0. The van der Waals surface area contributed by atoms with Crippen LogP contribution < -0.4 is 5.32 Å². The Bertz CT molecular complexity index is 737. The predicted octanol–water partition coefficient (Wildman–Crippen LogP) is 3.89. The molecular formula is C13H7BrF2N2O3. The number of anilines is 1. The predicted molar refractivity (Wildman–Crippen MR) is 75.1 cm³/mol. The van der Waals surface area contributed by atoms with Gasteiger partial charge in [0, 0.05) is 11.8 Å². The van der Waals surface area contributed by atoms with E-state index in [-0.39, 0.29) is 15.8 Å². The third-order valence-electron chi connectivity index (χ3n) is 2.60. The van der Waals surface area contributed by atoms with Crippen LogP contribution in [0.2, 0.25) is 0 Å². The number of hydrogen-bond acceptors (Lipinski definition) is 3. The average Bonchev–Trinajstić information content (AvgIpc) is 2.41. The van der Waals surface area contributed by atoms with Gasteiger partial charge in [-0.25, -0.2) is 8.78 Å². The molecule has 0 radical (unpaired) electrons. The van der Waals surface area contributed by atoms with Gasteiger partial charge in [-0.15, -0.1) is 0 Å². The number of nitrogens with one attached hydrogen (secondary N) is 1. The Morgan fingerprint density at radius 1 is 1.24 bits per heavy atom. The largest absolute Gasteiger partial charge is 0.322 e. The van der Waals surface area contributed by atoms with Crippen LogP contribution in [-0.4, -0.2) is 10.8 Å². The maximum Gasteiger partial charge on any atom is 0.283 e. The van der Waals surface area contributed by atoms with Gasteiger partial charge in [0.05, 0.1) is 15.0 Å². The van der Waals surface area contributed by atoms with Crippen LogP contribution in [0, 0.1) is 21.7 Å². The number of rotatable bonds is 3. The molecule has 5 nitrogen and oxygen atoms in total. The van der Waals surface area contributed by atoms with Crippen LogP contribution in [0.4, 0.5) is 20.2 Å². The van der Waals surface area contributed by atoms with E-state index in [0.717, 1.165) is 12.1 Å². The van der Waals surface area contributed by atoms with E-state index < -0.39 is 28.0 Å².